The van der Waals surface area contributed by atoms with Gasteiger partial charge in [0.1, 0.15) is 6.61 Å². The number of allylic oxidation sites excluding steroid dienone is 22. The van der Waals surface area contributed by atoms with Gasteiger partial charge in [-0.2, -0.15) is 0 Å². The maximum atomic E-state index is 12.8. The second-order valence-corrected chi connectivity index (χ2v) is 17.0. The summed E-state index contributed by atoms with van der Waals surface area (Å²) in [5.74, 6) is -1.58. The van der Waals surface area contributed by atoms with Gasteiger partial charge < -0.3 is 23.8 Å². The average molecular weight is 901 g/mol. The van der Waals surface area contributed by atoms with Gasteiger partial charge in [-0.3, -0.25) is 9.59 Å². The van der Waals surface area contributed by atoms with Gasteiger partial charge >= 0.3 is 17.9 Å². The molecule has 0 aliphatic heterocycles. The molecule has 65 heavy (non-hydrogen) atoms. The Balaban J connectivity index is 4.45. The van der Waals surface area contributed by atoms with Gasteiger partial charge in [-0.25, -0.2) is 4.79 Å². The molecular weight excluding hydrogens is 811 g/mol. The Morgan fingerprint density at radius 2 is 0.815 bits per heavy atom. The summed E-state index contributed by atoms with van der Waals surface area (Å²) in [7, 11) is 5.49. The van der Waals surface area contributed by atoms with Crippen molar-refractivity contribution in [3.05, 3.63) is 134 Å². The maximum Gasteiger partial charge on any atom is 0.362 e. The summed E-state index contributed by atoms with van der Waals surface area (Å²) in [5.41, 5.74) is 0. The third kappa shape index (κ3) is 44.5. The molecule has 0 aromatic rings. The Bertz CT molecular complexity index is 1520. The average Bonchev–Trinajstić information content (AvgIpc) is 3.27. The van der Waals surface area contributed by atoms with Crippen LogP contribution in [0.3, 0.4) is 0 Å². The molecule has 0 heterocycles. The summed E-state index contributed by atoms with van der Waals surface area (Å²) in [6, 6.07) is -0.636. The summed E-state index contributed by atoms with van der Waals surface area (Å²) in [6.07, 6.45) is 66.4. The highest BCUT2D eigenvalue weighted by molar-refractivity contribution is 5.72. The highest BCUT2D eigenvalue weighted by atomic mass is 16.6. The predicted molar refractivity (Wildman–Crippen MR) is 275 cm³/mol. The smallest absolute Gasteiger partial charge is 0.362 e. The number of likely N-dealkylation sites (N-methyl/N-ethyl adjacent to an activating group) is 1. The third-order valence-corrected chi connectivity index (χ3v) is 10.0. The maximum absolute atomic E-state index is 12.8. The summed E-state index contributed by atoms with van der Waals surface area (Å²) in [5, 5.41) is 9.65. The lowest BCUT2D eigenvalue weighted by atomic mass is 10.1. The second-order valence-electron chi connectivity index (χ2n) is 17.0. The highest BCUT2D eigenvalue weighted by Crippen LogP contribution is 2.12. The van der Waals surface area contributed by atoms with Gasteiger partial charge in [0, 0.05) is 19.3 Å². The topological polar surface area (TPSA) is 99.1 Å². The number of hydrogen-bond acceptors (Lipinski definition) is 6. The summed E-state index contributed by atoms with van der Waals surface area (Å²) >= 11 is 0. The Kier molecular flexibility index (Phi) is 42.8. The van der Waals surface area contributed by atoms with E-state index >= 15 is 0 Å². The number of aliphatic carboxylic acids is 1. The van der Waals surface area contributed by atoms with Gasteiger partial charge in [-0.15, -0.1) is 0 Å². The lowest BCUT2D eigenvalue weighted by Gasteiger charge is -2.31. The van der Waals surface area contributed by atoms with E-state index in [2.05, 4.69) is 148 Å². The highest BCUT2D eigenvalue weighted by Gasteiger charge is 2.31. The van der Waals surface area contributed by atoms with Gasteiger partial charge in [-0.05, 0) is 109 Å². The van der Waals surface area contributed by atoms with E-state index in [4.69, 9.17) is 14.2 Å². The van der Waals surface area contributed by atoms with Crippen molar-refractivity contribution in [2.24, 2.45) is 0 Å². The molecule has 0 saturated carbocycles. The standard InChI is InChI=1S/C57H89NO7/c1-6-8-10-12-14-16-18-20-22-24-26-28-30-31-33-35-37-39-41-43-45-47-55(59)64-52-53(51-63-50-49-54(57(61)62)58(3,4)5)65-56(60)48-46-44-42-40-38-36-34-32-29-27-25-23-21-19-17-15-13-11-9-7-2/h8-11,14-17,20-23,26-29,31,33-34,36-37,39,53-54H,6-7,12-13,18-19,24-25,30,32,35,38,40-52H2,1-5H3/p+1/b10-8+,11-9+,16-14+,17-15+,22-20+,23-21+,28-26+,29-27+,33-31+,36-34+,39-37+. The van der Waals surface area contributed by atoms with Crippen LogP contribution in [0.1, 0.15) is 155 Å². The summed E-state index contributed by atoms with van der Waals surface area (Å²) < 4.78 is 17.3. The fourth-order valence-corrected chi connectivity index (χ4v) is 6.30. The zero-order valence-electron chi connectivity index (χ0n) is 41.4. The Morgan fingerprint density at radius 3 is 1.22 bits per heavy atom. The number of hydrogen-bond donors (Lipinski definition) is 1. The quantitative estimate of drug-likeness (QED) is 0.0282. The minimum absolute atomic E-state index is 0.0262. The number of ether oxygens (including phenoxy) is 3. The first-order valence-electron chi connectivity index (χ1n) is 24.7. The number of carboxylic acids is 1. The fraction of sp³-hybridized carbons (Fsp3) is 0.561. The van der Waals surface area contributed by atoms with Crippen molar-refractivity contribution in [2.45, 2.75) is 167 Å². The van der Waals surface area contributed by atoms with Crippen LogP contribution in [0.5, 0.6) is 0 Å². The largest absolute Gasteiger partial charge is 0.477 e. The first kappa shape index (κ1) is 60.5. The number of unbranched alkanes of at least 4 members (excludes halogenated alkanes) is 6. The Labute approximate surface area is 396 Å². The van der Waals surface area contributed by atoms with Crippen LogP contribution >= 0.6 is 0 Å². The first-order chi connectivity index (χ1) is 31.6. The van der Waals surface area contributed by atoms with Crippen molar-refractivity contribution in [2.75, 3.05) is 41.0 Å². The zero-order valence-corrected chi connectivity index (χ0v) is 41.4. The number of carboxylic acid groups (broad SMARTS) is 1. The molecule has 0 saturated heterocycles. The Hall–Kier alpha value is -4.53. The molecule has 0 radical (unpaired) electrons. The van der Waals surface area contributed by atoms with Crippen LogP contribution in [-0.2, 0) is 28.6 Å². The van der Waals surface area contributed by atoms with Gasteiger partial charge in [0.05, 0.1) is 34.4 Å². The van der Waals surface area contributed by atoms with Crippen molar-refractivity contribution < 1.29 is 38.2 Å². The van der Waals surface area contributed by atoms with E-state index in [9.17, 15) is 19.5 Å². The second kappa shape index (κ2) is 46.0. The number of carbonyl (C=O) groups excluding carboxylic acids is 2. The van der Waals surface area contributed by atoms with E-state index in [1.165, 1.54) is 0 Å². The molecule has 2 atom stereocenters. The van der Waals surface area contributed by atoms with Crippen molar-refractivity contribution in [3.8, 4) is 0 Å². The van der Waals surface area contributed by atoms with E-state index in [0.717, 1.165) is 116 Å². The van der Waals surface area contributed by atoms with E-state index in [0.29, 0.717) is 12.8 Å². The van der Waals surface area contributed by atoms with Gasteiger partial charge in [0.2, 0.25) is 0 Å². The molecule has 2 unspecified atom stereocenters. The third-order valence-electron chi connectivity index (χ3n) is 10.0. The van der Waals surface area contributed by atoms with E-state index in [1.807, 2.05) is 21.1 Å². The molecule has 0 spiro atoms. The fourth-order valence-electron chi connectivity index (χ4n) is 6.30. The predicted octanol–water partition coefficient (Wildman–Crippen LogP) is 14.4. The molecular formula is C57H90NO7+. The molecule has 0 aromatic heterocycles. The number of quaternary nitrogens is 1. The van der Waals surface area contributed by atoms with Crippen LogP contribution in [-0.4, -0.2) is 80.6 Å². The van der Waals surface area contributed by atoms with E-state index in [1.54, 1.807) is 0 Å². The molecule has 8 nitrogen and oxygen atoms in total. The molecule has 0 aliphatic carbocycles. The minimum atomic E-state index is -0.892. The molecule has 1 N–H and O–H groups in total. The van der Waals surface area contributed by atoms with Crippen molar-refractivity contribution in [1.82, 2.24) is 0 Å². The SMILES string of the molecule is CC/C=C/C/C=C/C/C=C/C/C=C/C/C=C/C/C=C/CCCCC(=O)OCC(COCCC(C(=O)O)[N+](C)(C)C)OC(=O)CCCCCC/C=C/C/C=C/C/C=C/C/C=C/C/C=C/CC. The van der Waals surface area contributed by atoms with Gasteiger partial charge in [0.25, 0.3) is 0 Å². The normalized spacial score (nSPS) is 14.0. The molecule has 0 fully saturated rings. The number of nitrogens with zero attached hydrogens (tertiary/aromatic N) is 1. The molecule has 0 aromatic carbocycles. The summed E-state index contributed by atoms with van der Waals surface area (Å²) in [6.45, 7) is 4.41. The molecule has 0 amide bonds. The monoisotopic (exact) mass is 901 g/mol. The number of esters is 2. The molecule has 0 bridgehead atoms. The first-order valence-corrected chi connectivity index (χ1v) is 24.7. The van der Waals surface area contributed by atoms with Crippen molar-refractivity contribution >= 4 is 17.9 Å². The molecule has 364 valence electrons. The zero-order chi connectivity index (χ0) is 47.7. The van der Waals surface area contributed by atoms with Gasteiger partial charge in [-0.1, -0.05) is 160 Å². The number of rotatable bonds is 42. The Morgan fingerprint density at radius 1 is 0.462 bits per heavy atom. The van der Waals surface area contributed by atoms with Crippen molar-refractivity contribution in [3.63, 3.8) is 0 Å². The van der Waals surface area contributed by atoms with Crippen LogP contribution in [0, 0.1) is 0 Å². The van der Waals surface area contributed by atoms with Crippen LogP contribution in [0.2, 0.25) is 0 Å². The lowest BCUT2D eigenvalue weighted by molar-refractivity contribution is -0.887. The molecule has 0 rings (SSSR count). The van der Waals surface area contributed by atoms with Crippen LogP contribution < -0.4 is 0 Å². The minimum Gasteiger partial charge on any atom is -0.477 e. The summed E-state index contributed by atoms with van der Waals surface area (Å²) in [4.78, 5) is 37.1. The van der Waals surface area contributed by atoms with Crippen molar-refractivity contribution in [1.29, 1.82) is 0 Å². The molecule has 0 aliphatic rings. The van der Waals surface area contributed by atoms with Crippen LogP contribution in [0.25, 0.3) is 0 Å². The van der Waals surface area contributed by atoms with Crippen LogP contribution in [0.4, 0.5) is 0 Å². The van der Waals surface area contributed by atoms with E-state index < -0.39 is 18.1 Å². The molecule has 8 heteroatoms. The van der Waals surface area contributed by atoms with Crippen LogP contribution in [0.15, 0.2) is 134 Å². The lowest BCUT2D eigenvalue weighted by Crippen LogP contribution is -2.50. The number of carbonyl (C=O) groups is 3. The van der Waals surface area contributed by atoms with Gasteiger partial charge in [0.15, 0.2) is 12.1 Å². The van der Waals surface area contributed by atoms with E-state index in [-0.39, 0.29) is 49.1 Å².